The molecule has 0 aliphatic rings. The summed E-state index contributed by atoms with van der Waals surface area (Å²) in [6, 6.07) is 8.02. The molecule has 0 aliphatic heterocycles. The topological polar surface area (TPSA) is 17.8 Å². The van der Waals surface area contributed by atoms with E-state index in [1.54, 1.807) is 0 Å². The summed E-state index contributed by atoms with van der Waals surface area (Å²) >= 11 is 9.27. The molecule has 0 unspecified atom stereocenters. The number of imidazole rings is 1. The number of benzene rings is 1. The van der Waals surface area contributed by atoms with E-state index in [0.717, 1.165) is 29.0 Å². The van der Waals surface area contributed by atoms with Gasteiger partial charge in [0.2, 0.25) is 0 Å². The molecule has 1 heterocycles. The average Bonchev–Trinajstić information content (AvgIpc) is 2.68. The first kappa shape index (κ1) is 11.7. The van der Waals surface area contributed by atoms with E-state index in [1.165, 1.54) is 5.56 Å². The first-order valence-electron chi connectivity index (χ1n) is 5.16. The van der Waals surface area contributed by atoms with Crippen LogP contribution in [0.5, 0.6) is 0 Å². The van der Waals surface area contributed by atoms with Crippen molar-refractivity contribution in [2.24, 2.45) is 0 Å². The van der Waals surface area contributed by atoms with Crippen molar-refractivity contribution < 1.29 is 0 Å². The van der Waals surface area contributed by atoms with Gasteiger partial charge in [0, 0.05) is 11.6 Å². The Morgan fingerprint density at radius 2 is 2.00 bits per heavy atom. The molecule has 0 bridgehead atoms. The summed E-state index contributed by atoms with van der Waals surface area (Å²) in [4.78, 5) is 4.06. The lowest BCUT2D eigenvalue weighted by Crippen LogP contribution is -1.98. The second kappa shape index (κ2) is 5.51. The van der Waals surface area contributed by atoms with Gasteiger partial charge < -0.3 is 4.57 Å². The molecule has 1 aromatic carbocycles. The van der Waals surface area contributed by atoms with E-state index < -0.39 is 0 Å². The molecule has 0 aliphatic carbocycles. The van der Waals surface area contributed by atoms with Crippen LogP contribution in [0.3, 0.4) is 0 Å². The summed E-state index contributed by atoms with van der Waals surface area (Å²) < 4.78 is 3.12. The summed E-state index contributed by atoms with van der Waals surface area (Å²) in [6.45, 7) is 0.975. The normalized spacial score (nSPS) is 10.6. The third-order valence-electron chi connectivity index (χ3n) is 2.44. The number of aromatic nitrogens is 2. The predicted octanol–water partition coefficient (Wildman–Crippen LogP) is 3.93. The second-order valence-corrected chi connectivity index (χ2v) is 4.89. The smallest absolute Gasteiger partial charge is 0.104 e. The average molecular weight is 300 g/mol. The molecule has 0 N–H and O–H groups in total. The maximum atomic E-state index is 5.83. The minimum atomic E-state index is 0.793. The van der Waals surface area contributed by atoms with E-state index in [1.807, 2.05) is 24.7 Å². The van der Waals surface area contributed by atoms with Crippen molar-refractivity contribution >= 4 is 27.5 Å². The molecule has 2 nitrogen and oxygen atoms in total. The van der Waals surface area contributed by atoms with Crippen LogP contribution in [0, 0.1) is 0 Å². The van der Waals surface area contributed by atoms with Crippen molar-refractivity contribution in [3.05, 3.63) is 52.0 Å². The Labute approximate surface area is 108 Å². The van der Waals surface area contributed by atoms with E-state index >= 15 is 0 Å². The maximum Gasteiger partial charge on any atom is 0.104 e. The highest BCUT2D eigenvalue weighted by Gasteiger charge is 1.98. The zero-order valence-electron chi connectivity index (χ0n) is 8.74. The quantitative estimate of drug-likeness (QED) is 0.836. The molecule has 2 aromatic rings. The number of rotatable bonds is 4. The van der Waals surface area contributed by atoms with Gasteiger partial charge in [-0.1, -0.05) is 23.7 Å². The third kappa shape index (κ3) is 3.09. The van der Waals surface area contributed by atoms with Gasteiger partial charge in [-0.05, 0) is 46.5 Å². The fourth-order valence-corrected chi connectivity index (χ4v) is 2.09. The van der Waals surface area contributed by atoms with Gasteiger partial charge in [-0.3, -0.25) is 0 Å². The van der Waals surface area contributed by atoms with Crippen LogP contribution in [0.2, 0.25) is 5.02 Å². The summed E-state index contributed by atoms with van der Waals surface area (Å²) in [7, 11) is 0. The van der Waals surface area contributed by atoms with Gasteiger partial charge >= 0.3 is 0 Å². The molecule has 0 atom stereocenters. The first-order chi connectivity index (χ1) is 7.75. The molecule has 0 radical (unpaired) electrons. The van der Waals surface area contributed by atoms with E-state index in [0.29, 0.717) is 0 Å². The first-order valence-corrected chi connectivity index (χ1v) is 6.33. The fourth-order valence-electron chi connectivity index (χ4n) is 1.57. The highest BCUT2D eigenvalue weighted by molar-refractivity contribution is 9.10. The Kier molecular flexibility index (Phi) is 4.02. The van der Waals surface area contributed by atoms with Crippen molar-refractivity contribution in [1.82, 2.24) is 9.55 Å². The van der Waals surface area contributed by atoms with Crippen LogP contribution in [-0.4, -0.2) is 9.55 Å². The van der Waals surface area contributed by atoms with E-state index in [9.17, 15) is 0 Å². The Morgan fingerprint density at radius 3 is 2.62 bits per heavy atom. The molecule has 4 heteroatoms. The number of hydrogen-bond acceptors (Lipinski definition) is 1. The second-order valence-electron chi connectivity index (χ2n) is 3.64. The van der Waals surface area contributed by atoms with Gasteiger partial charge in [0.1, 0.15) is 4.60 Å². The fraction of sp³-hybridized carbons (Fsp3) is 0.250. The molecule has 0 amide bonds. The van der Waals surface area contributed by atoms with Gasteiger partial charge in [-0.15, -0.1) is 0 Å². The van der Waals surface area contributed by atoms with Crippen molar-refractivity contribution in [2.75, 3.05) is 0 Å². The lowest BCUT2D eigenvalue weighted by molar-refractivity contribution is 0.632. The standard InChI is InChI=1S/C12H12BrClN2/c13-12-8-15-9-16(12)7-1-2-10-3-5-11(14)6-4-10/h3-6,8-9H,1-2,7H2. The monoisotopic (exact) mass is 298 g/mol. The van der Waals surface area contributed by atoms with Crippen LogP contribution in [0.25, 0.3) is 0 Å². The maximum absolute atomic E-state index is 5.83. The number of hydrogen-bond donors (Lipinski definition) is 0. The number of aryl methyl sites for hydroxylation is 2. The molecule has 0 saturated carbocycles. The molecule has 1 aromatic heterocycles. The van der Waals surface area contributed by atoms with Gasteiger partial charge in [-0.2, -0.15) is 0 Å². The SMILES string of the molecule is Clc1ccc(CCCn2cncc2Br)cc1. The van der Waals surface area contributed by atoms with Gasteiger partial charge in [0.25, 0.3) is 0 Å². The predicted molar refractivity (Wildman–Crippen MR) is 69.7 cm³/mol. The molecule has 0 saturated heterocycles. The van der Waals surface area contributed by atoms with Gasteiger partial charge in [-0.25, -0.2) is 4.98 Å². The summed E-state index contributed by atoms with van der Waals surface area (Å²) in [5, 5.41) is 0.793. The molecule has 84 valence electrons. The summed E-state index contributed by atoms with van der Waals surface area (Å²) in [5.74, 6) is 0. The summed E-state index contributed by atoms with van der Waals surface area (Å²) in [6.07, 6.45) is 5.80. The van der Waals surface area contributed by atoms with Crippen LogP contribution >= 0.6 is 27.5 Å². The Morgan fingerprint density at radius 1 is 1.25 bits per heavy atom. The highest BCUT2D eigenvalue weighted by Crippen LogP contribution is 2.13. The Bertz CT molecular complexity index is 450. The molecule has 0 spiro atoms. The minimum Gasteiger partial charge on any atom is -0.325 e. The lowest BCUT2D eigenvalue weighted by Gasteiger charge is -2.04. The number of halogens is 2. The molecular formula is C12H12BrClN2. The Balaban J connectivity index is 1.84. The van der Waals surface area contributed by atoms with Gasteiger partial charge in [0.15, 0.2) is 0 Å². The minimum absolute atomic E-state index is 0.793. The van der Waals surface area contributed by atoms with E-state index in [2.05, 4.69) is 37.6 Å². The molecule has 2 rings (SSSR count). The Hall–Kier alpha value is -0.800. The van der Waals surface area contributed by atoms with Crippen LogP contribution in [0.15, 0.2) is 41.4 Å². The largest absolute Gasteiger partial charge is 0.325 e. The van der Waals surface area contributed by atoms with E-state index in [-0.39, 0.29) is 0 Å². The van der Waals surface area contributed by atoms with Crippen molar-refractivity contribution in [3.63, 3.8) is 0 Å². The van der Waals surface area contributed by atoms with Crippen LogP contribution in [-0.2, 0) is 13.0 Å². The van der Waals surface area contributed by atoms with Crippen LogP contribution in [0.4, 0.5) is 0 Å². The van der Waals surface area contributed by atoms with Crippen LogP contribution < -0.4 is 0 Å². The highest BCUT2D eigenvalue weighted by atomic mass is 79.9. The third-order valence-corrected chi connectivity index (χ3v) is 3.35. The molecule has 16 heavy (non-hydrogen) atoms. The zero-order chi connectivity index (χ0) is 11.4. The van der Waals surface area contributed by atoms with Crippen molar-refractivity contribution in [3.8, 4) is 0 Å². The van der Waals surface area contributed by atoms with Crippen molar-refractivity contribution in [2.45, 2.75) is 19.4 Å². The number of nitrogens with zero attached hydrogens (tertiary/aromatic N) is 2. The van der Waals surface area contributed by atoms with Crippen LogP contribution in [0.1, 0.15) is 12.0 Å². The summed E-state index contributed by atoms with van der Waals surface area (Å²) in [5.41, 5.74) is 1.32. The van der Waals surface area contributed by atoms with Crippen molar-refractivity contribution in [1.29, 1.82) is 0 Å². The lowest BCUT2D eigenvalue weighted by atomic mass is 10.1. The zero-order valence-corrected chi connectivity index (χ0v) is 11.1. The van der Waals surface area contributed by atoms with E-state index in [4.69, 9.17) is 11.6 Å². The molecular weight excluding hydrogens is 288 g/mol. The molecule has 0 fully saturated rings. The van der Waals surface area contributed by atoms with Gasteiger partial charge in [0.05, 0.1) is 12.5 Å².